The number of anilines is 1. The number of aryl methyl sites for hydroxylation is 1. The van der Waals surface area contributed by atoms with Crippen molar-refractivity contribution in [1.29, 1.82) is 0 Å². The van der Waals surface area contributed by atoms with Gasteiger partial charge in [0.05, 0.1) is 29.7 Å². The van der Waals surface area contributed by atoms with Crippen molar-refractivity contribution in [3.05, 3.63) is 77.1 Å². The molecule has 3 aromatic rings. The van der Waals surface area contributed by atoms with E-state index in [0.717, 1.165) is 24.1 Å². The molecule has 41 heavy (non-hydrogen) atoms. The zero-order chi connectivity index (χ0) is 29.2. The van der Waals surface area contributed by atoms with E-state index in [1.807, 2.05) is 12.1 Å². The molecule has 1 amide bonds. The normalized spacial score (nSPS) is 17.0. The number of carbonyl (C=O) groups is 1. The topological polar surface area (TPSA) is 104 Å². The fourth-order valence-electron chi connectivity index (χ4n) is 4.97. The van der Waals surface area contributed by atoms with E-state index in [1.54, 1.807) is 41.6 Å². The molecule has 5 rings (SSSR count). The van der Waals surface area contributed by atoms with Crippen LogP contribution in [-0.4, -0.2) is 68.6 Å². The first-order valence-corrected chi connectivity index (χ1v) is 15.4. The number of fused-ring (bicyclic) bond motifs is 1. The Morgan fingerprint density at radius 2 is 1.93 bits per heavy atom. The van der Waals surface area contributed by atoms with Gasteiger partial charge in [-0.1, -0.05) is 27.4 Å². The molecule has 0 radical (unpaired) electrons. The van der Waals surface area contributed by atoms with Crippen LogP contribution >= 0.6 is 9.24 Å². The second-order valence-corrected chi connectivity index (χ2v) is 13.1. The lowest BCUT2D eigenvalue weighted by Gasteiger charge is -2.34. The Bertz CT molecular complexity index is 1570. The van der Waals surface area contributed by atoms with Gasteiger partial charge in [-0.25, -0.2) is 12.8 Å². The van der Waals surface area contributed by atoms with Gasteiger partial charge in [0.1, 0.15) is 16.1 Å². The number of sulfonamides is 1. The third kappa shape index (κ3) is 6.58. The fourth-order valence-corrected chi connectivity index (χ4v) is 6.38. The third-order valence-corrected chi connectivity index (χ3v) is 9.00. The molecule has 2 aromatic carbocycles. The van der Waals surface area contributed by atoms with E-state index < -0.39 is 15.4 Å². The number of nitrogens with zero attached hydrogens (tertiary/aromatic N) is 4. The van der Waals surface area contributed by atoms with Crippen molar-refractivity contribution in [3.8, 4) is 5.75 Å². The zero-order valence-electron chi connectivity index (χ0n) is 23.0. The molecule has 2 atom stereocenters. The highest BCUT2D eigenvalue weighted by Gasteiger charge is 2.27. The Labute approximate surface area is 242 Å². The fraction of sp³-hybridized carbons (Fsp3) is 0.345. The molecule has 0 spiro atoms. The van der Waals surface area contributed by atoms with Crippen LogP contribution in [0.3, 0.4) is 0 Å². The van der Waals surface area contributed by atoms with Crippen molar-refractivity contribution in [3.63, 3.8) is 0 Å². The Morgan fingerprint density at radius 3 is 2.61 bits per heavy atom. The van der Waals surface area contributed by atoms with Crippen molar-refractivity contribution in [1.82, 2.24) is 14.8 Å². The van der Waals surface area contributed by atoms with Crippen LogP contribution in [0.4, 0.5) is 15.8 Å². The third-order valence-electron chi connectivity index (χ3n) is 7.25. The van der Waals surface area contributed by atoms with E-state index in [-0.39, 0.29) is 22.2 Å². The molecule has 2 unspecified atom stereocenters. The van der Waals surface area contributed by atoms with Crippen LogP contribution in [0, 0.1) is 0 Å². The number of aromatic nitrogens is 1. The maximum Gasteiger partial charge on any atom is 0.264 e. The molecule has 2 aliphatic heterocycles. The largest absolute Gasteiger partial charge is 0.496 e. The van der Waals surface area contributed by atoms with Gasteiger partial charge in [0.25, 0.3) is 15.9 Å². The first-order valence-electron chi connectivity index (χ1n) is 13.4. The predicted octanol–water partition coefficient (Wildman–Crippen LogP) is 4.51. The van der Waals surface area contributed by atoms with Gasteiger partial charge in [0.15, 0.2) is 0 Å². The number of methoxy groups -OCH3 is 1. The van der Waals surface area contributed by atoms with Crippen molar-refractivity contribution in [2.45, 2.75) is 36.6 Å². The van der Waals surface area contributed by atoms with E-state index in [4.69, 9.17) is 4.74 Å². The summed E-state index contributed by atoms with van der Waals surface area (Å²) in [5, 5.41) is -1.52. The van der Waals surface area contributed by atoms with Gasteiger partial charge < -0.3 is 9.64 Å². The van der Waals surface area contributed by atoms with Gasteiger partial charge in [-0.2, -0.15) is 0 Å². The molecule has 216 valence electrons. The van der Waals surface area contributed by atoms with E-state index >= 15 is 0 Å². The summed E-state index contributed by atoms with van der Waals surface area (Å²) in [5.74, 6) is 0.0940. The molecule has 0 bridgehead atoms. The molecular formula is C29H33FN5O4PS. The van der Waals surface area contributed by atoms with Gasteiger partial charge in [-0.15, -0.1) is 0 Å². The lowest BCUT2D eigenvalue weighted by Crippen LogP contribution is -2.48. The summed E-state index contributed by atoms with van der Waals surface area (Å²) in [7, 11) is -0.300. The highest BCUT2D eigenvalue weighted by molar-refractivity contribution is 7.92. The minimum absolute atomic E-state index is 0.110. The van der Waals surface area contributed by atoms with Crippen LogP contribution in [0.2, 0.25) is 0 Å². The first kappa shape index (κ1) is 29.1. The second-order valence-electron chi connectivity index (χ2n) is 10.3. The molecule has 3 heterocycles. The Hall–Kier alpha value is -3.40. The lowest BCUT2D eigenvalue weighted by molar-refractivity contribution is 0.0624. The molecule has 2 aliphatic rings. The second kappa shape index (κ2) is 11.8. The van der Waals surface area contributed by atoms with Gasteiger partial charge in [0, 0.05) is 56.8 Å². The number of rotatable bonds is 8. The summed E-state index contributed by atoms with van der Waals surface area (Å²) in [5.41, 5.74) is 3.33. The van der Waals surface area contributed by atoms with E-state index in [0.29, 0.717) is 49.5 Å². The SMILES string of the molecule is COc1cc(NS(=O)(=O)c2cccc3c2N=CCC3)ccc1C(=O)N1CCN(Cc2ccc(C(C)(F)P)cn2)CC1. The molecule has 1 saturated heterocycles. The zero-order valence-corrected chi connectivity index (χ0v) is 25.0. The monoisotopic (exact) mass is 597 g/mol. The highest BCUT2D eigenvalue weighted by Crippen LogP contribution is 2.34. The number of alkyl halides is 1. The quantitative estimate of drug-likeness (QED) is 0.383. The van der Waals surface area contributed by atoms with Crippen LogP contribution in [0.15, 0.2) is 64.6 Å². The maximum atomic E-state index is 14.1. The molecule has 1 N–H and O–H groups in total. The summed E-state index contributed by atoms with van der Waals surface area (Å²) in [6, 6.07) is 13.4. The highest BCUT2D eigenvalue weighted by atomic mass is 32.2. The maximum absolute atomic E-state index is 14.1. The summed E-state index contributed by atoms with van der Waals surface area (Å²) in [6.45, 7) is 4.42. The Kier molecular flexibility index (Phi) is 8.40. The number of piperazine rings is 1. The van der Waals surface area contributed by atoms with E-state index in [9.17, 15) is 17.6 Å². The molecular weight excluding hydrogens is 564 g/mol. The number of hydrogen-bond donors (Lipinski definition) is 1. The Morgan fingerprint density at radius 1 is 1.15 bits per heavy atom. The lowest BCUT2D eigenvalue weighted by atomic mass is 10.1. The van der Waals surface area contributed by atoms with Crippen LogP contribution in [-0.2, 0) is 28.4 Å². The molecule has 0 saturated carbocycles. The average molecular weight is 598 g/mol. The first-order chi connectivity index (χ1) is 19.5. The van der Waals surface area contributed by atoms with E-state index in [1.165, 1.54) is 26.2 Å². The molecule has 12 heteroatoms. The van der Waals surface area contributed by atoms with Gasteiger partial charge in [-0.05, 0) is 49.6 Å². The number of para-hydroxylation sites is 1. The van der Waals surface area contributed by atoms with Crippen molar-refractivity contribution >= 4 is 42.8 Å². The minimum atomic E-state index is -3.92. The van der Waals surface area contributed by atoms with E-state index in [2.05, 4.69) is 28.8 Å². The standard InChI is InChI=1S/C29H33FN5O4PS/c1-29(30,40)21-8-9-23(32-18-21)19-34-13-15-35(16-14-34)28(36)24-11-10-22(17-25(24)39-2)33-41(37,38)26-7-3-5-20-6-4-12-31-27(20)26/h3,5,7-12,17-18,33H,4,6,13-16,19,40H2,1-2H3. The minimum Gasteiger partial charge on any atom is -0.496 e. The van der Waals surface area contributed by atoms with Crippen LogP contribution < -0.4 is 9.46 Å². The smallest absolute Gasteiger partial charge is 0.264 e. The number of halogens is 1. The number of amides is 1. The summed E-state index contributed by atoms with van der Waals surface area (Å²) < 4.78 is 48.6. The molecule has 0 aliphatic carbocycles. The predicted molar refractivity (Wildman–Crippen MR) is 160 cm³/mol. The molecule has 1 aromatic heterocycles. The van der Waals surface area contributed by atoms with Gasteiger partial charge in [-0.3, -0.25) is 24.4 Å². The number of nitrogens with one attached hydrogen (secondary N) is 1. The number of benzene rings is 2. The summed E-state index contributed by atoms with van der Waals surface area (Å²) in [4.78, 5) is 26.2. The summed E-state index contributed by atoms with van der Waals surface area (Å²) >= 11 is 0. The summed E-state index contributed by atoms with van der Waals surface area (Å²) in [6.07, 6.45) is 4.80. The van der Waals surface area contributed by atoms with Gasteiger partial charge >= 0.3 is 0 Å². The molecule has 9 nitrogen and oxygen atoms in total. The van der Waals surface area contributed by atoms with Crippen LogP contribution in [0.5, 0.6) is 5.75 Å². The number of hydrogen-bond acceptors (Lipinski definition) is 7. The average Bonchev–Trinajstić information content (AvgIpc) is 2.96. The van der Waals surface area contributed by atoms with Crippen LogP contribution in [0.25, 0.3) is 0 Å². The van der Waals surface area contributed by atoms with Crippen LogP contribution in [0.1, 0.15) is 40.5 Å². The van der Waals surface area contributed by atoms with Crippen molar-refractivity contribution in [2.75, 3.05) is 38.0 Å². The van der Waals surface area contributed by atoms with Crippen molar-refractivity contribution < 1.29 is 22.3 Å². The number of ether oxygens (including phenoxy) is 1. The molecule has 1 fully saturated rings. The number of pyridine rings is 1. The van der Waals surface area contributed by atoms with Crippen molar-refractivity contribution in [2.24, 2.45) is 4.99 Å². The van der Waals surface area contributed by atoms with Gasteiger partial charge in [0.2, 0.25) is 0 Å². The Balaban J connectivity index is 1.23. The number of aliphatic imine (C=N–C) groups is 1. The number of carbonyl (C=O) groups excluding carboxylic acids is 1.